The van der Waals surface area contributed by atoms with E-state index in [9.17, 15) is 14.4 Å². The molecule has 1 atom stereocenters. The number of benzene rings is 3. The highest BCUT2D eigenvalue weighted by molar-refractivity contribution is 7.99. The molecule has 1 fully saturated rings. The van der Waals surface area contributed by atoms with Crippen LogP contribution in [-0.2, 0) is 15.1 Å². The van der Waals surface area contributed by atoms with Gasteiger partial charge in [0.1, 0.15) is 12.1 Å². The maximum Gasteiger partial charge on any atom is 0.325 e. The SMILES string of the molecule is CC1(c2ccc(C#N)cc2)NC(=O)N(CC(=O)Nc2ccccc2Sc2ccc(Cl)cc2)C1=O. The smallest absolute Gasteiger partial charge is 0.323 e. The van der Waals surface area contributed by atoms with E-state index in [1.165, 1.54) is 11.8 Å². The van der Waals surface area contributed by atoms with Crippen LogP contribution in [0.3, 0.4) is 0 Å². The van der Waals surface area contributed by atoms with E-state index >= 15 is 0 Å². The number of carbonyl (C=O) groups excluding carboxylic acids is 3. The molecule has 9 heteroatoms. The van der Waals surface area contributed by atoms with Crippen LogP contribution >= 0.6 is 23.4 Å². The van der Waals surface area contributed by atoms with Crippen molar-refractivity contribution in [2.24, 2.45) is 0 Å². The highest BCUT2D eigenvalue weighted by Crippen LogP contribution is 2.34. The normalized spacial score (nSPS) is 17.3. The maximum absolute atomic E-state index is 13.1. The fourth-order valence-corrected chi connectivity index (χ4v) is 4.56. The number of anilines is 1. The molecule has 0 aliphatic carbocycles. The lowest BCUT2D eigenvalue weighted by atomic mass is 9.91. The monoisotopic (exact) mass is 490 g/mol. The summed E-state index contributed by atoms with van der Waals surface area (Å²) in [6, 6.07) is 22.3. The van der Waals surface area contributed by atoms with Gasteiger partial charge in [0.15, 0.2) is 0 Å². The number of amides is 4. The highest BCUT2D eigenvalue weighted by Gasteiger charge is 2.49. The molecule has 1 saturated heterocycles. The molecular formula is C25H19ClN4O3S. The third kappa shape index (κ3) is 4.76. The van der Waals surface area contributed by atoms with Gasteiger partial charge in [-0.3, -0.25) is 14.5 Å². The summed E-state index contributed by atoms with van der Waals surface area (Å²) >= 11 is 7.40. The lowest BCUT2D eigenvalue weighted by molar-refractivity contribution is -0.133. The Kier molecular flexibility index (Phi) is 6.59. The van der Waals surface area contributed by atoms with Gasteiger partial charge in [0.25, 0.3) is 5.91 Å². The molecule has 0 bridgehead atoms. The van der Waals surface area contributed by atoms with E-state index in [4.69, 9.17) is 16.9 Å². The minimum absolute atomic E-state index is 0.434. The lowest BCUT2D eigenvalue weighted by Crippen LogP contribution is -2.42. The van der Waals surface area contributed by atoms with Gasteiger partial charge < -0.3 is 10.6 Å². The van der Waals surface area contributed by atoms with E-state index in [1.54, 1.807) is 55.5 Å². The Morgan fingerprint density at radius 2 is 1.76 bits per heavy atom. The van der Waals surface area contributed by atoms with Crippen LogP contribution in [0.15, 0.2) is 82.6 Å². The summed E-state index contributed by atoms with van der Waals surface area (Å²) in [7, 11) is 0. The van der Waals surface area contributed by atoms with Gasteiger partial charge >= 0.3 is 6.03 Å². The molecule has 2 N–H and O–H groups in total. The molecule has 3 aromatic rings. The summed E-state index contributed by atoms with van der Waals surface area (Å²) in [5.41, 5.74) is 0.204. The number of imide groups is 1. The second-order valence-electron chi connectivity index (χ2n) is 7.74. The lowest BCUT2D eigenvalue weighted by Gasteiger charge is -2.22. The van der Waals surface area contributed by atoms with Crippen molar-refractivity contribution in [2.45, 2.75) is 22.3 Å². The van der Waals surface area contributed by atoms with Crippen molar-refractivity contribution in [3.63, 3.8) is 0 Å². The number of para-hydroxylation sites is 1. The first-order valence-electron chi connectivity index (χ1n) is 10.3. The largest absolute Gasteiger partial charge is 0.325 e. The van der Waals surface area contributed by atoms with E-state index < -0.39 is 29.9 Å². The molecule has 0 saturated carbocycles. The molecule has 1 aliphatic heterocycles. The molecular weight excluding hydrogens is 472 g/mol. The number of carbonyl (C=O) groups is 3. The zero-order valence-electron chi connectivity index (χ0n) is 18.0. The van der Waals surface area contributed by atoms with E-state index in [0.29, 0.717) is 21.8 Å². The van der Waals surface area contributed by atoms with Crippen LogP contribution in [-0.4, -0.2) is 29.3 Å². The van der Waals surface area contributed by atoms with Crippen LogP contribution in [0.1, 0.15) is 18.1 Å². The molecule has 7 nitrogen and oxygen atoms in total. The molecule has 170 valence electrons. The van der Waals surface area contributed by atoms with Gasteiger partial charge in [-0.05, 0) is 61.0 Å². The summed E-state index contributed by atoms with van der Waals surface area (Å²) in [5.74, 6) is -1.04. The predicted octanol–water partition coefficient (Wildman–Crippen LogP) is 4.77. The van der Waals surface area contributed by atoms with Crippen molar-refractivity contribution in [1.29, 1.82) is 5.26 Å². The van der Waals surface area contributed by atoms with Crippen molar-refractivity contribution in [3.8, 4) is 6.07 Å². The van der Waals surface area contributed by atoms with Crippen LogP contribution in [0.5, 0.6) is 0 Å². The first-order valence-corrected chi connectivity index (χ1v) is 11.5. The molecule has 1 aliphatic rings. The topological polar surface area (TPSA) is 102 Å². The zero-order valence-corrected chi connectivity index (χ0v) is 19.6. The average molecular weight is 491 g/mol. The minimum atomic E-state index is -1.33. The number of hydrogen-bond acceptors (Lipinski definition) is 5. The summed E-state index contributed by atoms with van der Waals surface area (Å²) in [6.07, 6.45) is 0. The van der Waals surface area contributed by atoms with Crippen LogP contribution in [0.4, 0.5) is 10.5 Å². The molecule has 0 radical (unpaired) electrons. The molecule has 0 spiro atoms. The fraction of sp³-hybridized carbons (Fsp3) is 0.120. The third-order valence-electron chi connectivity index (χ3n) is 5.37. The summed E-state index contributed by atoms with van der Waals surface area (Å²) in [4.78, 5) is 41.1. The Morgan fingerprint density at radius 3 is 2.44 bits per heavy atom. The second kappa shape index (κ2) is 9.59. The zero-order chi connectivity index (χ0) is 24.3. The standard InChI is InChI=1S/C25H19ClN4O3S/c1-25(17-8-6-16(14-27)7-9-17)23(32)30(24(33)29-25)15-22(31)28-20-4-2-3-5-21(20)34-19-12-10-18(26)11-13-19/h2-13H,15H2,1H3,(H,28,31)(H,29,33). The van der Waals surface area contributed by atoms with Gasteiger partial charge in [0, 0.05) is 14.8 Å². The van der Waals surface area contributed by atoms with E-state index in [1.807, 2.05) is 30.3 Å². The summed E-state index contributed by atoms with van der Waals surface area (Å²) in [5, 5.41) is 15.1. The number of hydrogen-bond donors (Lipinski definition) is 2. The average Bonchev–Trinajstić information content (AvgIpc) is 3.05. The Hall–Kier alpha value is -3.80. The molecule has 3 aromatic carbocycles. The third-order valence-corrected chi connectivity index (χ3v) is 6.71. The predicted molar refractivity (Wildman–Crippen MR) is 129 cm³/mol. The van der Waals surface area contributed by atoms with Crippen LogP contribution < -0.4 is 10.6 Å². The fourth-order valence-electron chi connectivity index (χ4n) is 3.54. The van der Waals surface area contributed by atoms with Gasteiger partial charge in [-0.25, -0.2) is 4.79 Å². The Bertz CT molecular complexity index is 1300. The van der Waals surface area contributed by atoms with Crippen molar-refractivity contribution in [3.05, 3.63) is 88.9 Å². The highest BCUT2D eigenvalue weighted by atomic mass is 35.5. The van der Waals surface area contributed by atoms with Gasteiger partial charge in [-0.2, -0.15) is 5.26 Å². The van der Waals surface area contributed by atoms with E-state index in [2.05, 4.69) is 10.6 Å². The first-order chi connectivity index (χ1) is 16.3. The molecule has 1 unspecified atom stereocenters. The number of urea groups is 1. The Labute approximate surface area is 205 Å². The van der Waals surface area contributed by atoms with Crippen molar-refractivity contribution in [2.75, 3.05) is 11.9 Å². The Morgan fingerprint density at radius 1 is 1.09 bits per heavy atom. The molecule has 1 heterocycles. The molecule has 4 rings (SSSR count). The molecule has 0 aromatic heterocycles. The number of nitrogens with zero attached hydrogens (tertiary/aromatic N) is 2. The quantitative estimate of drug-likeness (QED) is 0.484. The number of halogens is 1. The van der Waals surface area contributed by atoms with Gasteiger partial charge in [-0.1, -0.05) is 47.6 Å². The second-order valence-corrected chi connectivity index (χ2v) is 9.29. The molecule has 4 amide bonds. The maximum atomic E-state index is 13.1. The van der Waals surface area contributed by atoms with Gasteiger partial charge in [0.2, 0.25) is 5.91 Å². The van der Waals surface area contributed by atoms with Gasteiger partial charge in [0.05, 0.1) is 17.3 Å². The van der Waals surface area contributed by atoms with Gasteiger partial charge in [-0.15, -0.1) is 0 Å². The number of rotatable bonds is 6. The van der Waals surface area contributed by atoms with Crippen LogP contribution in [0, 0.1) is 11.3 Å². The van der Waals surface area contributed by atoms with Crippen molar-refractivity contribution in [1.82, 2.24) is 10.2 Å². The Balaban J connectivity index is 1.47. The number of nitrogens with one attached hydrogen (secondary N) is 2. The van der Waals surface area contributed by atoms with Crippen molar-refractivity contribution < 1.29 is 14.4 Å². The van der Waals surface area contributed by atoms with Crippen LogP contribution in [0.2, 0.25) is 5.02 Å². The minimum Gasteiger partial charge on any atom is -0.323 e. The molecule has 34 heavy (non-hydrogen) atoms. The summed E-state index contributed by atoms with van der Waals surface area (Å²) in [6.45, 7) is 1.14. The van der Waals surface area contributed by atoms with Crippen molar-refractivity contribution >= 4 is 46.9 Å². The van der Waals surface area contributed by atoms with Crippen LogP contribution in [0.25, 0.3) is 0 Å². The first kappa shape index (κ1) is 23.4. The van der Waals surface area contributed by atoms with E-state index in [0.717, 1.165) is 14.7 Å². The number of nitriles is 1. The summed E-state index contributed by atoms with van der Waals surface area (Å²) < 4.78 is 0. The van der Waals surface area contributed by atoms with E-state index in [-0.39, 0.29) is 0 Å².